The van der Waals surface area contributed by atoms with Crippen LogP contribution in [0.25, 0.3) is 11.1 Å². The SMILES string of the molecule is COc1nc[c]cc1-c1ccc(F)cc1F. The number of halogens is 2. The number of hydrogen-bond donors (Lipinski definition) is 0. The highest BCUT2D eigenvalue weighted by Crippen LogP contribution is 2.29. The third kappa shape index (κ3) is 1.86. The van der Waals surface area contributed by atoms with Gasteiger partial charge < -0.3 is 4.74 Å². The molecule has 4 heteroatoms. The molecule has 1 aromatic carbocycles. The fraction of sp³-hybridized carbons (Fsp3) is 0.0833. The minimum atomic E-state index is -0.653. The number of methoxy groups -OCH3 is 1. The largest absolute Gasteiger partial charge is 0.481 e. The van der Waals surface area contributed by atoms with E-state index in [0.717, 1.165) is 6.07 Å². The lowest BCUT2D eigenvalue weighted by Crippen LogP contribution is -1.93. The lowest BCUT2D eigenvalue weighted by molar-refractivity contribution is 0.399. The number of rotatable bonds is 2. The molecule has 2 rings (SSSR count). The van der Waals surface area contributed by atoms with Crippen molar-refractivity contribution in [3.05, 3.63) is 48.2 Å². The van der Waals surface area contributed by atoms with Crippen LogP contribution in [-0.2, 0) is 0 Å². The van der Waals surface area contributed by atoms with Gasteiger partial charge in [0.15, 0.2) is 0 Å². The number of benzene rings is 1. The number of aromatic nitrogens is 1. The standard InChI is InChI=1S/C12H8F2NO/c1-16-12-10(3-2-6-15-12)9-5-4-8(13)7-11(9)14/h3-7H,1H3. The second-order valence-corrected chi connectivity index (χ2v) is 3.12. The third-order valence-corrected chi connectivity index (χ3v) is 2.13. The van der Waals surface area contributed by atoms with Gasteiger partial charge in [-0.15, -0.1) is 0 Å². The molecule has 16 heavy (non-hydrogen) atoms. The molecular formula is C12H8F2NO. The van der Waals surface area contributed by atoms with Gasteiger partial charge in [-0.1, -0.05) is 0 Å². The molecular weight excluding hydrogens is 212 g/mol. The van der Waals surface area contributed by atoms with Crippen LogP contribution in [0, 0.1) is 17.7 Å². The fourth-order valence-electron chi connectivity index (χ4n) is 1.41. The molecule has 0 saturated carbocycles. The van der Waals surface area contributed by atoms with E-state index in [1.54, 1.807) is 6.07 Å². The Morgan fingerprint density at radius 3 is 2.75 bits per heavy atom. The van der Waals surface area contributed by atoms with Gasteiger partial charge in [-0.3, -0.25) is 0 Å². The van der Waals surface area contributed by atoms with Crippen LogP contribution in [0.3, 0.4) is 0 Å². The monoisotopic (exact) mass is 220 g/mol. The summed E-state index contributed by atoms with van der Waals surface area (Å²) in [5.74, 6) is -0.989. The molecule has 2 aromatic rings. The lowest BCUT2D eigenvalue weighted by atomic mass is 10.1. The van der Waals surface area contributed by atoms with E-state index in [1.165, 1.54) is 25.4 Å². The van der Waals surface area contributed by atoms with Gasteiger partial charge in [0.2, 0.25) is 5.88 Å². The van der Waals surface area contributed by atoms with Crippen molar-refractivity contribution < 1.29 is 13.5 Å². The molecule has 81 valence electrons. The van der Waals surface area contributed by atoms with Crippen molar-refractivity contribution >= 4 is 0 Å². The van der Waals surface area contributed by atoms with Gasteiger partial charge in [0.05, 0.1) is 7.11 Å². The molecule has 1 radical (unpaired) electrons. The van der Waals surface area contributed by atoms with Crippen LogP contribution in [-0.4, -0.2) is 12.1 Å². The van der Waals surface area contributed by atoms with Gasteiger partial charge in [-0.05, 0) is 18.2 Å². The molecule has 0 amide bonds. The highest BCUT2D eigenvalue weighted by atomic mass is 19.1. The lowest BCUT2D eigenvalue weighted by Gasteiger charge is -2.07. The normalized spacial score (nSPS) is 10.2. The third-order valence-electron chi connectivity index (χ3n) is 2.13. The molecule has 0 aliphatic heterocycles. The Labute approximate surface area is 91.5 Å². The highest BCUT2D eigenvalue weighted by Gasteiger charge is 2.11. The summed E-state index contributed by atoms with van der Waals surface area (Å²) >= 11 is 0. The Kier molecular flexibility index (Phi) is 2.81. The van der Waals surface area contributed by atoms with Gasteiger partial charge in [0.25, 0.3) is 0 Å². The topological polar surface area (TPSA) is 22.1 Å². The Hall–Kier alpha value is -1.97. The molecule has 0 N–H and O–H groups in total. The van der Waals surface area contributed by atoms with Gasteiger partial charge >= 0.3 is 0 Å². The van der Waals surface area contributed by atoms with Crippen LogP contribution in [0.5, 0.6) is 5.88 Å². The van der Waals surface area contributed by atoms with Gasteiger partial charge in [0, 0.05) is 29.5 Å². The molecule has 2 nitrogen and oxygen atoms in total. The summed E-state index contributed by atoms with van der Waals surface area (Å²) in [6.07, 6.45) is 1.42. The first kappa shape index (κ1) is 10.5. The second kappa shape index (κ2) is 4.26. The van der Waals surface area contributed by atoms with Crippen molar-refractivity contribution in [2.75, 3.05) is 7.11 Å². The quantitative estimate of drug-likeness (QED) is 0.776. The summed E-state index contributed by atoms with van der Waals surface area (Å²) < 4.78 is 31.3. The first-order chi connectivity index (χ1) is 7.72. The van der Waals surface area contributed by atoms with E-state index in [2.05, 4.69) is 11.1 Å². The Morgan fingerprint density at radius 2 is 2.06 bits per heavy atom. The maximum atomic E-state index is 13.5. The van der Waals surface area contributed by atoms with Gasteiger partial charge in [-0.2, -0.15) is 0 Å². The molecule has 0 fully saturated rings. The first-order valence-corrected chi connectivity index (χ1v) is 4.58. The highest BCUT2D eigenvalue weighted by molar-refractivity contribution is 5.68. The summed E-state index contributed by atoms with van der Waals surface area (Å²) in [6.45, 7) is 0. The van der Waals surface area contributed by atoms with Crippen molar-refractivity contribution in [1.29, 1.82) is 0 Å². The van der Waals surface area contributed by atoms with E-state index in [-0.39, 0.29) is 11.4 Å². The van der Waals surface area contributed by atoms with Crippen molar-refractivity contribution in [3.8, 4) is 17.0 Å². The summed E-state index contributed by atoms with van der Waals surface area (Å²) in [5.41, 5.74) is 0.685. The van der Waals surface area contributed by atoms with Crippen molar-refractivity contribution in [2.45, 2.75) is 0 Å². The predicted octanol–water partition coefficient (Wildman–Crippen LogP) is 2.84. The Balaban J connectivity index is 2.58. The summed E-state index contributed by atoms with van der Waals surface area (Å²) in [7, 11) is 1.44. The smallest absolute Gasteiger partial charge is 0.221 e. The summed E-state index contributed by atoms with van der Waals surface area (Å²) in [5, 5.41) is 0. The van der Waals surface area contributed by atoms with Crippen molar-refractivity contribution in [1.82, 2.24) is 4.98 Å². The zero-order chi connectivity index (χ0) is 11.5. The van der Waals surface area contributed by atoms with E-state index in [0.29, 0.717) is 5.56 Å². The van der Waals surface area contributed by atoms with E-state index >= 15 is 0 Å². The van der Waals surface area contributed by atoms with Crippen LogP contribution in [0.2, 0.25) is 0 Å². The van der Waals surface area contributed by atoms with Crippen molar-refractivity contribution in [2.24, 2.45) is 0 Å². The van der Waals surface area contributed by atoms with Crippen LogP contribution < -0.4 is 4.74 Å². The molecule has 0 bridgehead atoms. The van der Waals surface area contributed by atoms with Gasteiger partial charge in [0.1, 0.15) is 11.6 Å². The maximum Gasteiger partial charge on any atom is 0.221 e. The fourth-order valence-corrected chi connectivity index (χ4v) is 1.41. The summed E-state index contributed by atoms with van der Waals surface area (Å²) in [6, 6.07) is 7.62. The van der Waals surface area contributed by atoms with Crippen LogP contribution in [0.1, 0.15) is 0 Å². The molecule has 1 heterocycles. The Morgan fingerprint density at radius 1 is 1.25 bits per heavy atom. The first-order valence-electron chi connectivity index (χ1n) is 4.58. The predicted molar refractivity (Wildman–Crippen MR) is 55.0 cm³/mol. The van der Waals surface area contributed by atoms with Crippen molar-refractivity contribution in [3.63, 3.8) is 0 Å². The molecule has 0 aliphatic carbocycles. The maximum absolute atomic E-state index is 13.5. The molecule has 0 spiro atoms. The van der Waals surface area contributed by atoms with Crippen LogP contribution in [0.15, 0.2) is 30.5 Å². The zero-order valence-electron chi connectivity index (χ0n) is 8.50. The Bertz CT molecular complexity index is 514. The average Bonchev–Trinajstić information content (AvgIpc) is 2.29. The van der Waals surface area contributed by atoms with E-state index in [4.69, 9.17) is 4.74 Å². The van der Waals surface area contributed by atoms with Crippen LogP contribution in [0.4, 0.5) is 8.78 Å². The molecule has 0 unspecified atom stereocenters. The molecule has 1 aromatic heterocycles. The number of ether oxygens (including phenoxy) is 1. The number of nitrogens with zero attached hydrogens (tertiary/aromatic N) is 1. The van der Waals surface area contributed by atoms with E-state index in [1.807, 2.05) is 0 Å². The number of pyridine rings is 1. The van der Waals surface area contributed by atoms with E-state index in [9.17, 15) is 8.78 Å². The zero-order valence-corrected chi connectivity index (χ0v) is 8.50. The second-order valence-electron chi connectivity index (χ2n) is 3.12. The van der Waals surface area contributed by atoms with Gasteiger partial charge in [-0.25, -0.2) is 13.8 Å². The minimum Gasteiger partial charge on any atom is -0.481 e. The minimum absolute atomic E-state index is 0.239. The molecule has 0 atom stereocenters. The molecule has 0 saturated heterocycles. The molecule has 0 aliphatic rings. The van der Waals surface area contributed by atoms with E-state index < -0.39 is 11.6 Å². The average molecular weight is 220 g/mol. The summed E-state index contributed by atoms with van der Waals surface area (Å²) in [4.78, 5) is 3.90. The van der Waals surface area contributed by atoms with Crippen LogP contribution >= 0.6 is 0 Å². The number of hydrogen-bond acceptors (Lipinski definition) is 2.